The molecule has 0 rings (SSSR count). The second kappa shape index (κ2) is 5.13. The predicted molar refractivity (Wildman–Crippen MR) is 42.3 cm³/mol. The van der Waals surface area contributed by atoms with Crippen LogP contribution in [0.5, 0.6) is 0 Å². The van der Waals surface area contributed by atoms with Gasteiger partial charge in [0, 0.05) is 6.42 Å². The van der Waals surface area contributed by atoms with Gasteiger partial charge in [0.25, 0.3) is 0 Å². The first-order valence-electron chi connectivity index (χ1n) is 3.92. The molecule has 0 fully saturated rings. The Morgan fingerprint density at radius 2 is 2.00 bits per heavy atom. The highest BCUT2D eigenvalue weighted by molar-refractivity contribution is 5.66. The highest BCUT2D eigenvalue weighted by Gasteiger charge is 2.08. The van der Waals surface area contributed by atoms with Crippen molar-refractivity contribution < 1.29 is 15.0 Å². The van der Waals surface area contributed by atoms with Crippen molar-refractivity contribution in [3.63, 3.8) is 0 Å². The van der Waals surface area contributed by atoms with E-state index < -0.39 is 12.1 Å². The van der Waals surface area contributed by atoms with Crippen LogP contribution in [0.1, 0.15) is 33.1 Å². The van der Waals surface area contributed by atoms with Crippen molar-refractivity contribution in [3.05, 3.63) is 0 Å². The molecular weight excluding hydrogens is 144 g/mol. The fraction of sp³-hybridized carbons (Fsp3) is 0.875. The number of aliphatic carboxylic acids is 1. The smallest absolute Gasteiger partial charge is 0.303 e. The molecule has 66 valence electrons. The largest absolute Gasteiger partial charge is 0.481 e. The van der Waals surface area contributed by atoms with Gasteiger partial charge in [-0.1, -0.05) is 13.8 Å². The summed E-state index contributed by atoms with van der Waals surface area (Å²) < 4.78 is 0. The van der Waals surface area contributed by atoms with E-state index in [2.05, 4.69) is 0 Å². The number of aliphatic hydroxyl groups excluding tert-OH is 1. The normalized spacial score (nSPS) is 13.5. The Kier molecular flexibility index (Phi) is 4.86. The summed E-state index contributed by atoms with van der Waals surface area (Å²) in [5.74, 6) is -0.411. The van der Waals surface area contributed by atoms with Crippen molar-refractivity contribution in [2.75, 3.05) is 0 Å². The van der Waals surface area contributed by atoms with Gasteiger partial charge in [0.05, 0.1) is 6.10 Å². The lowest BCUT2D eigenvalue weighted by atomic mass is 10.0. The summed E-state index contributed by atoms with van der Waals surface area (Å²) in [4.78, 5) is 10.1. The molecule has 0 heterocycles. The van der Waals surface area contributed by atoms with Gasteiger partial charge in [-0.05, 0) is 18.8 Å². The van der Waals surface area contributed by atoms with E-state index in [4.69, 9.17) is 5.11 Å². The maximum Gasteiger partial charge on any atom is 0.303 e. The van der Waals surface area contributed by atoms with Crippen molar-refractivity contribution in [2.24, 2.45) is 5.92 Å². The zero-order valence-electron chi connectivity index (χ0n) is 7.08. The van der Waals surface area contributed by atoms with Gasteiger partial charge in [-0.2, -0.15) is 0 Å². The Balaban J connectivity index is 3.37. The molecular formula is C8H16O3. The summed E-state index contributed by atoms with van der Waals surface area (Å²) in [6.45, 7) is 4.01. The molecule has 1 unspecified atom stereocenters. The number of aliphatic hydroxyl groups is 1. The quantitative estimate of drug-likeness (QED) is 0.636. The maximum atomic E-state index is 10.1. The third-order valence-electron chi connectivity index (χ3n) is 1.43. The third kappa shape index (κ3) is 7.33. The molecule has 0 radical (unpaired) electrons. The lowest BCUT2D eigenvalue weighted by Crippen LogP contribution is -2.11. The molecule has 0 aromatic rings. The summed E-state index contributed by atoms with van der Waals surface area (Å²) in [5.41, 5.74) is 0. The van der Waals surface area contributed by atoms with Crippen molar-refractivity contribution in [3.8, 4) is 0 Å². The Morgan fingerprint density at radius 3 is 2.36 bits per heavy atom. The average Bonchev–Trinajstić information content (AvgIpc) is 1.82. The Labute approximate surface area is 67.0 Å². The van der Waals surface area contributed by atoms with E-state index in [-0.39, 0.29) is 6.42 Å². The van der Waals surface area contributed by atoms with Gasteiger partial charge in [-0.3, -0.25) is 4.79 Å². The Hall–Kier alpha value is -0.570. The lowest BCUT2D eigenvalue weighted by molar-refractivity contribution is -0.137. The molecule has 0 saturated heterocycles. The van der Waals surface area contributed by atoms with Crippen molar-refractivity contribution >= 4 is 5.97 Å². The number of carboxylic acids is 1. The van der Waals surface area contributed by atoms with Crippen LogP contribution >= 0.6 is 0 Å². The van der Waals surface area contributed by atoms with Crippen LogP contribution in [-0.2, 0) is 4.79 Å². The third-order valence-corrected chi connectivity index (χ3v) is 1.43. The van der Waals surface area contributed by atoms with Gasteiger partial charge in [-0.25, -0.2) is 0 Å². The predicted octanol–water partition coefficient (Wildman–Crippen LogP) is 1.26. The van der Waals surface area contributed by atoms with Gasteiger partial charge in [-0.15, -0.1) is 0 Å². The minimum atomic E-state index is -0.840. The SMILES string of the molecule is CC(C)CC(O)CCC(=O)O. The first kappa shape index (κ1) is 10.4. The number of hydrogen-bond acceptors (Lipinski definition) is 2. The van der Waals surface area contributed by atoms with E-state index in [1.54, 1.807) is 0 Å². The van der Waals surface area contributed by atoms with Crippen LogP contribution in [0.2, 0.25) is 0 Å². The average molecular weight is 160 g/mol. The van der Waals surface area contributed by atoms with Crippen LogP contribution in [0.15, 0.2) is 0 Å². The minimum Gasteiger partial charge on any atom is -0.481 e. The van der Waals surface area contributed by atoms with Crippen LogP contribution in [0.4, 0.5) is 0 Å². The Bertz CT molecular complexity index is 121. The molecule has 0 aliphatic rings. The van der Waals surface area contributed by atoms with Gasteiger partial charge in [0.15, 0.2) is 0 Å². The maximum absolute atomic E-state index is 10.1. The highest BCUT2D eigenvalue weighted by Crippen LogP contribution is 2.08. The standard InChI is InChI=1S/C8H16O3/c1-6(2)5-7(9)3-4-8(10)11/h6-7,9H,3-5H2,1-2H3,(H,10,11). The molecule has 0 bridgehead atoms. The van der Waals surface area contributed by atoms with E-state index in [0.717, 1.165) is 0 Å². The van der Waals surface area contributed by atoms with Crippen LogP contribution in [0.25, 0.3) is 0 Å². The second-order valence-electron chi connectivity index (χ2n) is 3.22. The molecule has 1 atom stereocenters. The van der Waals surface area contributed by atoms with Crippen LogP contribution in [0.3, 0.4) is 0 Å². The Morgan fingerprint density at radius 1 is 1.45 bits per heavy atom. The first-order valence-corrected chi connectivity index (χ1v) is 3.92. The van der Waals surface area contributed by atoms with Crippen molar-refractivity contribution in [2.45, 2.75) is 39.2 Å². The van der Waals surface area contributed by atoms with E-state index in [9.17, 15) is 9.90 Å². The fourth-order valence-electron chi connectivity index (χ4n) is 0.952. The molecule has 0 aromatic heterocycles. The summed E-state index contributed by atoms with van der Waals surface area (Å²) >= 11 is 0. The van der Waals surface area contributed by atoms with Crippen molar-refractivity contribution in [1.29, 1.82) is 0 Å². The van der Waals surface area contributed by atoms with Gasteiger partial charge >= 0.3 is 5.97 Å². The topological polar surface area (TPSA) is 57.5 Å². The van der Waals surface area contributed by atoms with Gasteiger partial charge in [0.1, 0.15) is 0 Å². The first-order chi connectivity index (χ1) is 5.02. The summed E-state index contributed by atoms with van der Waals surface area (Å²) in [7, 11) is 0. The van der Waals surface area contributed by atoms with Crippen molar-refractivity contribution in [1.82, 2.24) is 0 Å². The number of hydrogen-bond donors (Lipinski definition) is 2. The van der Waals surface area contributed by atoms with E-state index in [0.29, 0.717) is 18.8 Å². The molecule has 0 aliphatic carbocycles. The monoisotopic (exact) mass is 160 g/mol. The van der Waals surface area contributed by atoms with E-state index in [1.807, 2.05) is 13.8 Å². The van der Waals surface area contributed by atoms with E-state index >= 15 is 0 Å². The number of carboxylic acid groups (broad SMARTS) is 1. The van der Waals surface area contributed by atoms with Gasteiger partial charge < -0.3 is 10.2 Å². The zero-order valence-corrected chi connectivity index (χ0v) is 7.08. The molecule has 2 N–H and O–H groups in total. The molecule has 11 heavy (non-hydrogen) atoms. The highest BCUT2D eigenvalue weighted by atomic mass is 16.4. The molecule has 0 amide bonds. The summed E-state index contributed by atoms with van der Waals surface area (Å²) in [6.07, 6.45) is 0.667. The van der Waals surface area contributed by atoms with Gasteiger partial charge in [0.2, 0.25) is 0 Å². The van der Waals surface area contributed by atoms with E-state index in [1.165, 1.54) is 0 Å². The molecule has 0 aromatic carbocycles. The second-order valence-corrected chi connectivity index (χ2v) is 3.22. The minimum absolute atomic E-state index is 0.0634. The summed E-state index contributed by atoms with van der Waals surface area (Å²) in [5, 5.41) is 17.5. The number of carbonyl (C=O) groups is 1. The molecule has 0 spiro atoms. The molecule has 3 nitrogen and oxygen atoms in total. The van der Waals surface area contributed by atoms with Crippen LogP contribution in [-0.4, -0.2) is 22.3 Å². The van der Waals surface area contributed by atoms with Crippen LogP contribution in [0, 0.1) is 5.92 Å². The molecule has 0 aliphatic heterocycles. The molecule has 0 saturated carbocycles. The number of rotatable bonds is 5. The van der Waals surface area contributed by atoms with Crippen LogP contribution < -0.4 is 0 Å². The summed E-state index contributed by atoms with van der Waals surface area (Å²) in [6, 6.07) is 0. The lowest BCUT2D eigenvalue weighted by Gasteiger charge is -2.10. The zero-order chi connectivity index (χ0) is 8.85. The fourth-order valence-corrected chi connectivity index (χ4v) is 0.952. The molecule has 3 heteroatoms.